The monoisotopic (exact) mass is 263 g/mol. The molecule has 0 spiro atoms. The fraction of sp³-hybridized carbons (Fsp3) is 0.533. The maximum Gasteiger partial charge on any atom is 0.339 e. The van der Waals surface area contributed by atoms with Crippen molar-refractivity contribution in [2.24, 2.45) is 11.8 Å². The van der Waals surface area contributed by atoms with Crippen LogP contribution < -0.4 is 10.5 Å². The van der Waals surface area contributed by atoms with Crippen molar-refractivity contribution in [1.82, 2.24) is 0 Å². The van der Waals surface area contributed by atoms with Gasteiger partial charge in [-0.15, -0.1) is 0 Å². The van der Waals surface area contributed by atoms with Crippen LogP contribution in [0.3, 0.4) is 0 Å². The molecule has 2 rings (SSSR count). The summed E-state index contributed by atoms with van der Waals surface area (Å²) in [5.74, 6) is 0.548. The normalized spacial score (nSPS) is 23.0. The second-order valence-corrected chi connectivity index (χ2v) is 5.48. The van der Waals surface area contributed by atoms with Crippen molar-refractivity contribution >= 4 is 11.7 Å². The first-order valence-electron chi connectivity index (χ1n) is 6.82. The SMILES string of the molecule is CC1CCCC(COc2c(N)cccc2C(=O)O)C1. The summed E-state index contributed by atoms with van der Waals surface area (Å²) in [6.45, 7) is 2.81. The highest BCUT2D eigenvalue weighted by Crippen LogP contribution is 2.31. The van der Waals surface area contributed by atoms with Crippen molar-refractivity contribution in [3.05, 3.63) is 23.8 Å². The molecule has 1 aliphatic carbocycles. The van der Waals surface area contributed by atoms with Crippen molar-refractivity contribution in [2.45, 2.75) is 32.6 Å². The van der Waals surface area contributed by atoms with Gasteiger partial charge in [0.1, 0.15) is 5.56 Å². The first-order chi connectivity index (χ1) is 9.08. The van der Waals surface area contributed by atoms with E-state index in [-0.39, 0.29) is 5.56 Å². The number of carboxylic acids is 1. The molecule has 1 fully saturated rings. The Bertz CT molecular complexity index is 459. The number of carbonyl (C=O) groups is 1. The van der Waals surface area contributed by atoms with Gasteiger partial charge in [0.25, 0.3) is 0 Å². The van der Waals surface area contributed by atoms with Crippen LogP contribution in [0.15, 0.2) is 18.2 Å². The first kappa shape index (κ1) is 13.7. The molecule has 4 heteroatoms. The van der Waals surface area contributed by atoms with E-state index in [1.165, 1.54) is 18.9 Å². The van der Waals surface area contributed by atoms with E-state index in [4.69, 9.17) is 15.6 Å². The van der Waals surface area contributed by atoms with Crippen LogP contribution in [0.1, 0.15) is 43.0 Å². The van der Waals surface area contributed by atoms with Crippen molar-refractivity contribution < 1.29 is 14.6 Å². The number of rotatable bonds is 4. The number of nitrogen functional groups attached to an aromatic ring is 1. The Hall–Kier alpha value is -1.71. The molecular weight excluding hydrogens is 242 g/mol. The van der Waals surface area contributed by atoms with Gasteiger partial charge in [0.15, 0.2) is 5.75 Å². The maximum atomic E-state index is 11.1. The van der Waals surface area contributed by atoms with E-state index < -0.39 is 5.97 Å². The Balaban J connectivity index is 2.04. The number of nitrogens with two attached hydrogens (primary N) is 1. The van der Waals surface area contributed by atoms with Crippen LogP contribution in [0.2, 0.25) is 0 Å². The molecule has 3 N–H and O–H groups in total. The summed E-state index contributed by atoms with van der Waals surface area (Å²) in [6, 6.07) is 4.83. The highest BCUT2D eigenvalue weighted by Gasteiger charge is 2.21. The Kier molecular flexibility index (Phi) is 4.30. The molecule has 0 heterocycles. The molecular formula is C15H21NO3. The van der Waals surface area contributed by atoms with Crippen LogP contribution in [0.4, 0.5) is 5.69 Å². The molecule has 4 nitrogen and oxygen atoms in total. The Labute approximate surface area is 113 Å². The number of para-hydroxylation sites is 1. The van der Waals surface area contributed by atoms with Crippen LogP contribution in [0.5, 0.6) is 5.75 Å². The van der Waals surface area contributed by atoms with E-state index in [9.17, 15) is 4.79 Å². The summed E-state index contributed by atoms with van der Waals surface area (Å²) in [4.78, 5) is 11.1. The largest absolute Gasteiger partial charge is 0.490 e. The van der Waals surface area contributed by atoms with Gasteiger partial charge < -0.3 is 15.6 Å². The van der Waals surface area contributed by atoms with Gasteiger partial charge in [-0.1, -0.05) is 25.8 Å². The summed E-state index contributed by atoms with van der Waals surface area (Å²) in [5, 5.41) is 9.13. The smallest absolute Gasteiger partial charge is 0.339 e. The predicted octanol–water partition coefficient (Wildman–Crippen LogP) is 3.17. The van der Waals surface area contributed by atoms with E-state index in [1.54, 1.807) is 12.1 Å². The quantitative estimate of drug-likeness (QED) is 0.818. The highest BCUT2D eigenvalue weighted by atomic mass is 16.5. The van der Waals surface area contributed by atoms with Crippen molar-refractivity contribution in [2.75, 3.05) is 12.3 Å². The summed E-state index contributed by atoms with van der Waals surface area (Å²) < 4.78 is 5.71. The van der Waals surface area contributed by atoms with Crippen LogP contribution in [0, 0.1) is 11.8 Å². The maximum absolute atomic E-state index is 11.1. The third-order valence-corrected chi connectivity index (χ3v) is 3.78. The molecule has 0 radical (unpaired) electrons. The molecule has 0 aliphatic heterocycles. The number of carboxylic acid groups (broad SMARTS) is 1. The Morgan fingerprint density at radius 1 is 1.47 bits per heavy atom. The Morgan fingerprint density at radius 2 is 2.26 bits per heavy atom. The topological polar surface area (TPSA) is 72.5 Å². The molecule has 1 aromatic rings. The molecule has 1 aliphatic rings. The van der Waals surface area contributed by atoms with Gasteiger partial charge in [0.05, 0.1) is 12.3 Å². The number of benzene rings is 1. The number of hydrogen-bond donors (Lipinski definition) is 2. The molecule has 1 aromatic carbocycles. The summed E-state index contributed by atoms with van der Waals surface area (Å²) in [7, 11) is 0. The molecule has 2 atom stereocenters. The fourth-order valence-corrected chi connectivity index (χ4v) is 2.80. The average molecular weight is 263 g/mol. The first-order valence-corrected chi connectivity index (χ1v) is 6.82. The van der Waals surface area contributed by atoms with E-state index in [2.05, 4.69) is 6.92 Å². The zero-order chi connectivity index (χ0) is 13.8. The molecule has 0 aromatic heterocycles. The van der Waals surface area contributed by atoms with Crippen LogP contribution in [-0.2, 0) is 0 Å². The summed E-state index contributed by atoms with van der Waals surface area (Å²) >= 11 is 0. The van der Waals surface area contributed by atoms with E-state index in [0.717, 1.165) is 18.8 Å². The highest BCUT2D eigenvalue weighted by molar-refractivity contribution is 5.93. The second-order valence-electron chi connectivity index (χ2n) is 5.48. The lowest BCUT2D eigenvalue weighted by atomic mass is 9.83. The fourth-order valence-electron chi connectivity index (χ4n) is 2.80. The van der Waals surface area contributed by atoms with E-state index >= 15 is 0 Å². The standard InChI is InChI=1S/C15H21NO3/c1-10-4-2-5-11(8-10)9-19-14-12(15(17)18)6-3-7-13(14)16/h3,6-7,10-11H,2,4-5,8-9,16H2,1H3,(H,17,18). The molecule has 2 unspecified atom stereocenters. The number of hydrogen-bond acceptors (Lipinski definition) is 3. The minimum atomic E-state index is -1.00. The van der Waals surface area contributed by atoms with Gasteiger partial charge in [-0.25, -0.2) is 4.79 Å². The molecule has 104 valence electrons. The molecule has 0 saturated heterocycles. The second kappa shape index (κ2) is 5.95. The minimum absolute atomic E-state index is 0.142. The van der Waals surface area contributed by atoms with E-state index in [1.807, 2.05) is 0 Å². The van der Waals surface area contributed by atoms with Gasteiger partial charge in [0, 0.05) is 0 Å². The van der Waals surface area contributed by atoms with Crippen molar-refractivity contribution in [1.29, 1.82) is 0 Å². The summed E-state index contributed by atoms with van der Waals surface area (Å²) in [5.41, 5.74) is 6.35. The van der Waals surface area contributed by atoms with Gasteiger partial charge >= 0.3 is 5.97 Å². The zero-order valence-electron chi connectivity index (χ0n) is 11.3. The van der Waals surface area contributed by atoms with Gasteiger partial charge in [-0.3, -0.25) is 0 Å². The third-order valence-electron chi connectivity index (χ3n) is 3.78. The third kappa shape index (κ3) is 3.40. The lowest BCUT2D eigenvalue weighted by molar-refractivity contribution is 0.0690. The average Bonchev–Trinajstić information content (AvgIpc) is 2.37. The lowest BCUT2D eigenvalue weighted by Crippen LogP contribution is -2.20. The molecule has 1 saturated carbocycles. The van der Waals surface area contributed by atoms with Gasteiger partial charge in [-0.05, 0) is 36.8 Å². The van der Waals surface area contributed by atoms with Crippen LogP contribution in [-0.4, -0.2) is 17.7 Å². The van der Waals surface area contributed by atoms with Crippen LogP contribution >= 0.6 is 0 Å². The number of aromatic carboxylic acids is 1. The number of ether oxygens (including phenoxy) is 1. The predicted molar refractivity (Wildman–Crippen MR) is 74.4 cm³/mol. The summed E-state index contributed by atoms with van der Waals surface area (Å²) in [6.07, 6.45) is 4.81. The molecule has 0 amide bonds. The van der Waals surface area contributed by atoms with Crippen LogP contribution in [0.25, 0.3) is 0 Å². The van der Waals surface area contributed by atoms with Gasteiger partial charge in [-0.2, -0.15) is 0 Å². The Morgan fingerprint density at radius 3 is 2.95 bits per heavy atom. The van der Waals surface area contributed by atoms with Gasteiger partial charge in [0.2, 0.25) is 0 Å². The zero-order valence-corrected chi connectivity index (χ0v) is 11.3. The minimum Gasteiger partial charge on any atom is -0.490 e. The molecule has 0 bridgehead atoms. The lowest BCUT2D eigenvalue weighted by Gasteiger charge is -2.27. The van der Waals surface area contributed by atoms with E-state index in [0.29, 0.717) is 24.0 Å². The van der Waals surface area contributed by atoms with Crippen molar-refractivity contribution in [3.63, 3.8) is 0 Å². The van der Waals surface area contributed by atoms with Crippen molar-refractivity contribution in [3.8, 4) is 5.75 Å². The molecule has 19 heavy (non-hydrogen) atoms. The number of anilines is 1.